The predicted molar refractivity (Wildman–Crippen MR) is 110 cm³/mol. The van der Waals surface area contributed by atoms with Gasteiger partial charge in [-0.25, -0.2) is 0 Å². The first kappa shape index (κ1) is 21.4. The average Bonchev–Trinajstić information content (AvgIpc) is 2.99. The van der Waals surface area contributed by atoms with Crippen LogP contribution in [-0.2, 0) is 11.2 Å². The third kappa shape index (κ3) is 4.86. The normalized spacial score (nSPS) is 11.1. The zero-order chi connectivity index (χ0) is 21.1. The fraction of sp³-hybridized carbons (Fsp3) is 0.368. The second-order valence-electron chi connectivity index (χ2n) is 7.31. The van der Waals surface area contributed by atoms with Crippen LogP contribution in [0.25, 0.3) is 0 Å². The number of nitrogens with one attached hydrogen (secondary N) is 1. The van der Waals surface area contributed by atoms with E-state index in [2.05, 4.69) is 9.69 Å². The van der Waals surface area contributed by atoms with Crippen LogP contribution in [0.1, 0.15) is 53.4 Å². The molecule has 0 aliphatic carbocycles. The Bertz CT molecular complexity index is 901. The fourth-order valence-electron chi connectivity index (χ4n) is 2.69. The molecule has 0 saturated heterocycles. The lowest BCUT2D eigenvalue weighted by Gasteiger charge is -2.27. The molecule has 0 saturated carbocycles. The minimum Gasteiger partial charge on any atom is -0.395 e. The van der Waals surface area contributed by atoms with Gasteiger partial charge in [0.1, 0.15) is 11.4 Å². The molecule has 8 nitrogen and oxygen atoms in total. The van der Waals surface area contributed by atoms with Crippen molar-refractivity contribution in [1.29, 1.82) is 0 Å². The largest absolute Gasteiger partial charge is 0.395 e. The zero-order valence-electron chi connectivity index (χ0n) is 16.4. The van der Waals surface area contributed by atoms with Crippen LogP contribution in [0.4, 0.5) is 11.4 Å². The van der Waals surface area contributed by atoms with E-state index in [4.69, 9.17) is 11.5 Å². The standard InChI is InChI=1S/C19H25N5O3S/c1-5-11-8-6-7-9-12(11)24(10-13(25)22-19(2,3)4)18(27)16-14(20)15(17(21)26)23-28-16/h6-9H,5,10,20H2,1-4H3,(H2,21,26)(H,22,25). The molecule has 0 spiro atoms. The fourth-order valence-corrected chi connectivity index (χ4v) is 3.45. The van der Waals surface area contributed by atoms with Crippen LogP contribution in [0, 0.1) is 0 Å². The van der Waals surface area contributed by atoms with E-state index in [1.165, 1.54) is 4.90 Å². The number of carbonyl (C=O) groups is 3. The molecular formula is C19H25N5O3S. The van der Waals surface area contributed by atoms with E-state index in [1.807, 2.05) is 39.8 Å². The quantitative estimate of drug-likeness (QED) is 0.678. The van der Waals surface area contributed by atoms with E-state index in [9.17, 15) is 14.4 Å². The van der Waals surface area contributed by atoms with E-state index in [1.54, 1.807) is 12.1 Å². The van der Waals surface area contributed by atoms with Crippen molar-refractivity contribution in [3.63, 3.8) is 0 Å². The minimum atomic E-state index is -0.807. The second-order valence-corrected chi connectivity index (χ2v) is 8.08. The molecule has 9 heteroatoms. The van der Waals surface area contributed by atoms with E-state index in [0.29, 0.717) is 12.1 Å². The van der Waals surface area contributed by atoms with Crippen molar-refractivity contribution in [2.75, 3.05) is 17.2 Å². The number of para-hydroxylation sites is 1. The van der Waals surface area contributed by atoms with Gasteiger partial charge in [-0.1, -0.05) is 25.1 Å². The summed E-state index contributed by atoms with van der Waals surface area (Å²) in [6.45, 7) is 7.34. The molecular weight excluding hydrogens is 378 g/mol. The molecule has 150 valence electrons. The number of nitrogen functional groups attached to an aromatic ring is 1. The Morgan fingerprint density at radius 3 is 2.39 bits per heavy atom. The molecule has 0 aliphatic rings. The monoisotopic (exact) mass is 403 g/mol. The zero-order valence-corrected chi connectivity index (χ0v) is 17.2. The number of hydrogen-bond acceptors (Lipinski definition) is 6. The Kier molecular flexibility index (Phi) is 6.40. The van der Waals surface area contributed by atoms with Gasteiger partial charge in [0.05, 0.1) is 5.69 Å². The van der Waals surface area contributed by atoms with Crippen molar-refractivity contribution < 1.29 is 14.4 Å². The minimum absolute atomic E-state index is 0.0716. The van der Waals surface area contributed by atoms with Gasteiger partial charge in [0.25, 0.3) is 11.8 Å². The number of amides is 3. The number of rotatable bonds is 6. The summed E-state index contributed by atoms with van der Waals surface area (Å²) < 4.78 is 3.89. The van der Waals surface area contributed by atoms with Crippen molar-refractivity contribution in [2.24, 2.45) is 5.73 Å². The molecule has 1 heterocycles. The lowest BCUT2D eigenvalue weighted by Crippen LogP contribution is -2.47. The summed E-state index contributed by atoms with van der Waals surface area (Å²) >= 11 is 0.791. The van der Waals surface area contributed by atoms with E-state index >= 15 is 0 Å². The highest BCUT2D eigenvalue weighted by Gasteiger charge is 2.29. The van der Waals surface area contributed by atoms with Gasteiger partial charge in [-0.15, -0.1) is 0 Å². The number of hydrogen-bond donors (Lipinski definition) is 3. The Morgan fingerprint density at radius 2 is 1.86 bits per heavy atom. The van der Waals surface area contributed by atoms with Crippen LogP contribution in [0.2, 0.25) is 0 Å². The second kappa shape index (κ2) is 8.39. The van der Waals surface area contributed by atoms with Crippen LogP contribution >= 0.6 is 11.5 Å². The molecule has 0 fully saturated rings. The molecule has 28 heavy (non-hydrogen) atoms. The molecule has 1 aromatic carbocycles. The Balaban J connectivity index is 2.47. The first-order valence-electron chi connectivity index (χ1n) is 8.81. The summed E-state index contributed by atoms with van der Waals surface area (Å²) in [6.07, 6.45) is 0.672. The van der Waals surface area contributed by atoms with Crippen molar-refractivity contribution in [2.45, 2.75) is 39.7 Å². The summed E-state index contributed by atoms with van der Waals surface area (Å²) in [4.78, 5) is 38.7. The summed E-state index contributed by atoms with van der Waals surface area (Å²) in [5.41, 5.74) is 12.0. The molecule has 0 aliphatic heterocycles. The maximum atomic E-state index is 13.3. The lowest BCUT2D eigenvalue weighted by molar-refractivity contribution is -0.121. The van der Waals surface area contributed by atoms with Crippen molar-refractivity contribution >= 4 is 40.6 Å². The number of benzene rings is 1. The molecule has 0 bridgehead atoms. The predicted octanol–water partition coefficient (Wildman–Crippen LogP) is 1.95. The van der Waals surface area contributed by atoms with E-state index < -0.39 is 17.4 Å². The Hall–Kier alpha value is -2.94. The Labute approximate surface area is 168 Å². The molecule has 0 atom stereocenters. The van der Waals surface area contributed by atoms with Gasteiger partial charge in [-0.2, -0.15) is 4.37 Å². The number of aromatic nitrogens is 1. The average molecular weight is 404 g/mol. The molecule has 2 aromatic rings. The third-order valence-corrected chi connectivity index (χ3v) is 4.73. The van der Waals surface area contributed by atoms with Crippen molar-refractivity contribution in [3.05, 3.63) is 40.4 Å². The van der Waals surface area contributed by atoms with Gasteiger partial charge >= 0.3 is 0 Å². The van der Waals surface area contributed by atoms with Gasteiger partial charge in [-0.05, 0) is 50.4 Å². The number of aryl methyl sites for hydroxylation is 1. The Morgan fingerprint density at radius 1 is 1.21 bits per heavy atom. The number of anilines is 2. The number of nitrogens with two attached hydrogens (primary N) is 2. The maximum Gasteiger partial charge on any atom is 0.272 e. The third-order valence-electron chi connectivity index (χ3n) is 3.88. The van der Waals surface area contributed by atoms with Crippen molar-refractivity contribution in [1.82, 2.24) is 9.69 Å². The number of carbonyl (C=O) groups excluding carboxylic acids is 3. The van der Waals surface area contributed by atoms with Gasteiger partial charge < -0.3 is 16.8 Å². The molecule has 5 N–H and O–H groups in total. The SMILES string of the molecule is CCc1ccccc1N(CC(=O)NC(C)(C)C)C(=O)c1snc(C(N)=O)c1N. The van der Waals surface area contributed by atoms with Gasteiger partial charge in [0.15, 0.2) is 5.69 Å². The van der Waals surface area contributed by atoms with Crippen LogP contribution in [-0.4, -0.2) is 34.2 Å². The molecule has 0 radical (unpaired) electrons. The first-order valence-corrected chi connectivity index (χ1v) is 9.58. The van der Waals surface area contributed by atoms with Gasteiger partial charge in [0.2, 0.25) is 5.91 Å². The smallest absolute Gasteiger partial charge is 0.272 e. The molecule has 3 amide bonds. The highest BCUT2D eigenvalue weighted by molar-refractivity contribution is 7.09. The van der Waals surface area contributed by atoms with Crippen LogP contribution in [0.15, 0.2) is 24.3 Å². The number of nitrogens with zero attached hydrogens (tertiary/aromatic N) is 2. The lowest BCUT2D eigenvalue weighted by atomic mass is 10.1. The summed E-state index contributed by atoms with van der Waals surface area (Å²) in [7, 11) is 0. The highest BCUT2D eigenvalue weighted by atomic mass is 32.1. The maximum absolute atomic E-state index is 13.3. The van der Waals surface area contributed by atoms with Crippen molar-refractivity contribution in [3.8, 4) is 0 Å². The van der Waals surface area contributed by atoms with E-state index in [0.717, 1.165) is 17.1 Å². The highest BCUT2D eigenvalue weighted by Crippen LogP contribution is 2.28. The molecule has 2 rings (SSSR count). The molecule has 0 unspecified atom stereocenters. The van der Waals surface area contributed by atoms with Crippen LogP contribution < -0.4 is 21.7 Å². The van der Waals surface area contributed by atoms with Crippen LogP contribution in [0.5, 0.6) is 0 Å². The van der Waals surface area contributed by atoms with E-state index in [-0.39, 0.29) is 28.7 Å². The van der Waals surface area contributed by atoms with Gasteiger partial charge in [-0.3, -0.25) is 19.3 Å². The summed E-state index contributed by atoms with van der Waals surface area (Å²) in [6, 6.07) is 7.32. The number of primary amides is 1. The summed E-state index contributed by atoms with van der Waals surface area (Å²) in [5.74, 6) is -1.63. The molecule has 1 aromatic heterocycles. The van der Waals surface area contributed by atoms with Gasteiger partial charge in [0, 0.05) is 11.2 Å². The first-order chi connectivity index (χ1) is 13.0. The topological polar surface area (TPSA) is 131 Å². The van der Waals surface area contributed by atoms with Crippen LogP contribution in [0.3, 0.4) is 0 Å². The summed E-state index contributed by atoms with van der Waals surface area (Å²) in [5, 5.41) is 2.85.